The SMILES string of the molecule is C=C1C(Br)=C[C-]=C(c2ccc(F)cc2C)N1C.[Y]. The molecule has 0 aliphatic carbocycles. The topological polar surface area (TPSA) is 3.24 Å². The largest absolute Gasteiger partial charge is 0.378 e. The fraction of sp³-hybridized carbons (Fsp3) is 0.143. The Balaban J connectivity index is 0.00000162. The molecule has 1 aromatic carbocycles. The number of hydrogen-bond donors (Lipinski definition) is 0. The summed E-state index contributed by atoms with van der Waals surface area (Å²) >= 11 is 3.41. The molecule has 0 aromatic heterocycles. The van der Waals surface area contributed by atoms with Gasteiger partial charge in [-0.1, -0.05) is 34.8 Å². The first-order chi connectivity index (χ1) is 8.00. The van der Waals surface area contributed by atoms with Gasteiger partial charge in [-0.3, -0.25) is 0 Å². The predicted molar refractivity (Wildman–Crippen MR) is 71.7 cm³/mol. The summed E-state index contributed by atoms with van der Waals surface area (Å²) in [4.78, 5) is 1.93. The zero-order valence-corrected chi connectivity index (χ0v) is 14.7. The monoisotopic (exact) mass is 381 g/mol. The van der Waals surface area contributed by atoms with E-state index >= 15 is 0 Å². The van der Waals surface area contributed by atoms with Crippen molar-refractivity contribution in [2.45, 2.75) is 6.92 Å². The molecule has 1 aliphatic rings. The van der Waals surface area contributed by atoms with Gasteiger partial charge in [-0.05, 0) is 17.8 Å². The molecule has 1 aromatic rings. The van der Waals surface area contributed by atoms with E-state index in [2.05, 4.69) is 28.6 Å². The van der Waals surface area contributed by atoms with E-state index in [-0.39, 0.29) is 38.5 Å². The van der Waals surface area contributed by atoms with Gasteiger partial charge in [-0.15, -0.1) is 22.0 Å². The van der Waals surface area contributed by atoms with Gasteiger partial charge in [0.05, 0.1) is 0 Å². The summed E-state index contributed by atoms with van der Waals surface area (Å²) in [5.41, 5.74) is 3.61. The maximum Gasteiger partial charge on any atom is 0.121 e. The molecule has 1 radical (unpaired) electrons. The van der Waals surface area contributed by atoms with E-state index in [9.17, 15) is 4.39 Å². The Bertz CT molecular complexity index is 549. The van der Waals surface area contributed by atoms with E-state index in [4.69, 9.17) is 0 Å². The third-order valence-electron chi connectivity index (χ3n) is 2.80. The van der Waals surface area contributed by atoms with E-state index in [0.717, 1.165) is 27.0 Å². The molecule has 0 bridgehead atoms. The second-order valence-corrected chi connectivity index (χ2v) is 4.80. The van der Waals surface area contributed by atoms with Crippen LogP contribution in [-0.4, -0.2) is 11.9 Å². The molecule has 0 saturated heterocycles. The summed E-state index contributed by atoms with van der Waals surface area (Å²) in [6, 6.07) is 4.75. The van der Waals surface area contributed by atoms with Crippen LogP contribution in [0.5, 0.6) is 0 Å². The van der Waals surface area contributed by atoms with E-state index < -0.39 is 0 Å². The van der Waals surface area contributed by atoms with Crippen LogP contribution in [0.3, 0.4) is 0 Å². The van der Waals surface area contributed by atoms with Crippen molar-refractivity contribution in [2.24, 2.45) is 0 Å². The van der Waals surface area contributed by atoms with Crippen molar-refractivity contribution in [3.8, 4) is 0 Å². The molecule has 0 fully saturated rings. The standard InChI is InChI=1S/C14H12BrFN.Y/c1-9-8-11(16)4-5-12(9)14-7-6-13(15)10(2)17(14)3;/h4-6,8H,2H2,1,3H3;/q-1;. The molecule has 0 spiro atoms. The van der Waals surface area contributed by atoms with E-state index in [0.29, 0.717) is 0 Å². The van der Waals surface area contributed by atoms with Gasteiger partial charge in [-0.25, -0.2) is 4.39 Å². The average molecular weight is 382 g/mol. The normalized spacial score (nSPS) is 14.9. The fourth-order valence-corrected chi connectivity index (χ4v) is 2.14. The first kappa shape index (κ1) is 15.8. The zero-order valence-electron chi connectivity index (χ0n) is 10.3. The molecule has 91 valence electrons. The third-order valence-corrected chi connectivity index (χ3v) is 3.48. The fourth-order valence-electron chi connectivity index (χ4n) is 1.76. The molecular formula is C14H12BrFNY-. The number of allylic oxidation sites excluding steroid dienone is 3. The summed E-state index contributed by atoms with van der Waals surface area (Å²) in [7, 11) is 1.92. The van der Waals surface area contributed by atoms with Gasteiger partial charge in [0.2, 0.25) is 0 Å². The van der Waals surface area contributed by atoms with Gasteiger partial charge in [-0.2, -0.15) is 12.2 Å². The first-order valence-corrected chi connectivity index (χ1v) is 5.98. The van der Waals surface area contributed by atoms with E-state index in [1.54, 1.807) is 6.07 Å². The smallest absolute Gasteiger partial charge is 0.121 e. The number of likely N-dealkylation sites (N-methyl/N-ethyl adjacent to an activating group) is 1. The third kappa shape index (κ3) is 3.01. The van der Waals surface area contributed by atoms with Crippen LogP contribution in [0.25, 0.3) is 5.70 Å². The van der Waals surface area contributed by atoms with E-state index in [1.165, 1.54) is 12.1 Å². The number of rotatable bonds is 1. The number of nitrogens with zero attached hydrogens (tertiary/aromatic N) is 1. The van der Waals surface area contributed by atoms with Crippen LogP contribution in [0.2, 0.25) is 0 Å². The Labute approximate surface area is 140 Å². The quantitative estimate of drug-likeness (QED) is 0.664. The van der Waals surface area contributed by atoms with Gasteiger partial charge in [0.25, 0.3) is 0 Å². The second-order valence-electron chi connectivity index (χ2n) is 3.95. The maximum absolute atomic E-state index is 13.1. The number of hydrogen-bond acceptors (Lipinski definition) is 1. The molecular weight excluding hydrogens is 370 g/mol. The van der Waals surface area contributed by atoms with Crippen molar-refractivity contribution >= 4 is 21.6 Å². The van der Waals surface area contributed by atoms with Crippen molar-refractivity contribution in [3.05, 3.63) is 64.1 Å². The van der Waals surface area contributed by atoms with Crippen molar-refractivity contribution in [2.75, 3.05) is 7.05 Å². The van der Waals surface area contributed by atoms with Gasteiger partial charge in [0.1, 0.15) is 5.82 Å². The predicted octanol–water partition coefficient (Wildman–Crippen LogP) is 4.01. The summed E-state index contributed by atoms with van der Waals surface area (Å²) in [6.45, 7) is 5.86. The molecule has 4 heteroatoms. The Hall–Kier alpha value is -0.246. The van der Waals surface area contributed by atoms with Gasteiger partial charge in [0, 0.05) is 39.8 Å². The van der Waals surface area contributed by atoms with Crippen LogP contribution in [0.1, 0.15) is 11.1 Å². The number of benzene rings is 1. The minimum absolute atomic E-state index is 0. The van der Waals surface area contributed by atoms with Gasteiger partial charge in [0.15, 0.2) is 0 Å². The molecule has 0 N–H and O–H groups in total. The minimum Gasteiger partial charge on any atom is -0.378 e. The van der Waals surface area contributed by atoms with Crippen LogP contribution >= 0.6 is 15.9 Å². The summed E-state index contributed by atoms with van der Waals surface area (Å²) in [5, 5.41) is 0. The molecule has 1 nitrogen and oxygen atoms in total. The zero-order chi connectivity index (χ0) is 12.6. The molecule has 0 unspecified atom stereocenters. The van der Waals surface area contributed by atoms with Gasteiger partial charge < -0.3 is 4.90 Å². The van der Waals surface area contributed by atoms with Crippen LogP contribution < -0.4 is 0 Å². The van der Waals surface area contributed by atoms with Crippen molar-refractivity contribution in [3.63, 3.8) is 0 Å². The number of halogens is 2. The van der Waals surface area contributed by atoms with Gasteiger partial charge >= 0.3 is 0 Å². The Morgan fingerprint density at radius 2 is 2.06 bits per heavy atom. The van der Waals surface area contributed by atoms with Crippen LogP contribution in [0.4, 0.5) is 4.39 Å². The van der Waals surface area contributed by atoms with Crippen molar-refractivity contribution in [1.29, 1.82) is 0 Å². The molecule has 0 saturated carbocycles. The second kappa shape index (κ2) is 6.27. The molecule has 0 atom stereocenters. The molecule has 1 heterocycles. The van der Waals surface area contributed by atoms with E-state index in [1.807, 2.05) is 24.9 Å². The number of aryl methyl sites for hydroxylation is 1. The summed E-state index contributed by atoms with van der Waals surface area (Å²) in [5.74, 6) is -0.221. The average Bonchev–Trinajstić information content (AvgIpc) is 2.28. The molecule has 1 aliphatic heterocycles. The first-order valence-electron chi connectivity index (χ1n) is 5.19. The van der Waals surface area contributed by atoms with Crippen molar-refractivity contribution < 1.29 is 37.1 Å². The summed E-state index contributed by atoms with van der Waals surface area (Å²) < 4.78 is 14.0. The minimum atomic E-state index is -0.221. The van der Waals surface area contributed by atoms with Crippen LogP contribution in [0, 0.1) is 18.8 Å². The van der Waals surface area contributed by atoms with Crippen LogP contribution in [0.15, 0.2) is 41.0 Å². The Kier molecular flexibility index (Phi) is 5.51. The molecule has 0 amide bonds. The van der Waals surface area contributed by atoms with Crippen molar-refractivity contribution in [1.82, 2.24) is 4.90 Å². The van der Waals surface area contributed by atoms with Crippen LogP contribution in [-0.2, 0) is 32.7 Å². The maximum atomic E-state index is 13.1. The summed E-state index contributed by atoms with van der Waals surface area (Å²) in [6.07, 6.45) is 5.01. The Morgan fingerprint density at radius 1 is 1.39 bits per heavy atom. The Morgan fingerprint density at radius 3 is 2.67 bits per heavy atom. The molecule has 18 heavy (non-hydrogen) atoms. The molecule has 2 rings (SSSR count).